The van der Waals surface area contributed by atoms with Crippen molar-refractivity contribution in [3.8, 4) is 0 Å². The molecule has 1 aliphatic carbocycles. The van der Waals surface area contributed by atoms with Crippen LogP contribution in [0.15, 0.2) is 16.6 Å². The highest BCUT2D eigenvalue weighted by Crippen LogP contribution is 2.34. The minimum Gasteiger partial charge on any atom is -0.356 e. The third-order valence-corrected chi connectivity index (χ3v) is 5.80. The zero-order valence-corrected chi connectivity index (χ0v) is 12.3. The molecule has 0 aromatic carbocycles. The Labute approximate surface area is 116 Å². The lowest BCUT2D eigenvalue weighted by molar-refractivity contribution is 0.335. The lowest BCUT2D eigenvalue weighted by Gasteiger charge is -2.33. The Morgan fingerprint density at radius 1 is 1.39 bits per heavy atom. The number of nitrogens with one attached hydrogen (secondary N) is 1. The number of aromatic nitrogens is 1. The lowest BCUT2D eigenvalue weighted by Crippen LogP contribution is -2.35. The first kappa shape index (κ1) is 12.5. The molecule has 0 spiro atoms. The van der Waals surface area contributed by atoms with Crippen molar-refractivity contribution in [2.24, 2.45) is 10.9 Å². The van der Waals surface area contributed by atoms with E-state index in [1.165, 1.54) is 31.4 Å². The Bertz CT molecular complexity index is 416. The molecule has 1 saturated carbocycles. The van der Waals surface area contributed by atoms with E-state index in [4.69, 9.17) is 4.99 Å². The van der Waals surface area contributed by atoms with Gasteiger partial charge in [-0.15, -0.1) is 11.3 Å². The average molecular weight is 281 g/mol. The third-order valence-electron chi connectivity index (χ3n) is 3.75. The van der Waals surface area contributed by atoms with E-state index in [2.05, 4.69) is 17.2 Å². The van der Waals surface area contributed by atoms with Gasteiger partial charge in [0.2, 0.25) is 0 Å². The van der Waals surface area contributed by atoms with Gasteiger partial charge in [-0.3, -0.25) is 4.99 Å². The highest BCUT2D eigenvalue weighted by atomic mass is 32.2. The van der Waals surface area contributed by atoms with Crippen molar-refractivity contribution in [2.75, 3.05) is 5.75 Å². The van der Waals surface area contributed by atoms with Crippen LogP contribution in [0.1, 0.15) is 43.7 Å². The summed E-state index contributed by atoms with van der Waals surface area (Å²) in [6.45, 7) is 2.16. The monoisotopic (exact) mass is 281 g/mol. The summed E-state index contributed by atoms with van der Waals surface area (Å²) in [5.41, 5.74) is 0. The van der Waals surface area contributed by atoms with Crippen molar-refractivity contribution in [3.63, 3.8) is 0 Å². The molecule has 1 aromatic heterocycles. The topological polar surface area (TPSA) is 37.3 Å². The summed E-state index contributed by atoms with van der Waals surface area (Å²) in [4.78, 5) is 9.25. The van der Waals surface area contributed by atoms with Crippen LogP contribution in [0.4, 0.5) is 0 Å². The first-order valence-corrected chi connectivity index (χ1v) is 8.56. The van der Waals surface area contributed by atoms with E-state index in [-0.39, 0.29) is 6.04 Å². The highest BCUT2D eigenvalue weighted by molar-refractivity contribution is 8.13. The number of thioether (sulfide) groups is 1. The molecule has 2 aliphatic rings. The molecule has 5 heteroatoms. The van der Waals surface area contributed by atoms with E-state index in [0.29, 0.717) is 6.04 Å². The van der Waals surface area contributed by atoms with Crippen molar-refractivity contribution in [1.29, 1.82) is 0 Å². The average Bonchev–Trinajstić information content (AvgIpc) is 2.92. The van der Waals surface area contributed by atoms with Crippen molar-refractivity contribution >= 4 is 28.3 Å². The second kappa shape index (κ2) is 5.61. The van der Waals surface area contributed by atoms with Gasteiger partial charge in [-0.1, -0.05) is 24.6 Å². The molecule has 1 aromatic rings. The maximum Gasteiger partial charge on any atom is 0.157 e. The molecule has 18 heavy (non-hydrogen) atoms. The summed E-state index contributed by atoms with van der Waals surface area (Å²) in [6, 6.07) is 0.849. The largest absolute Gasteiger partial charge is 0.356 e. The number of amidine groups is 1. The van der Waals surface area contributed by atoms with E-state index in [1.807, 2.05) is 23.3 Å². The second-order valence-electron chi connectivity index (χ2n) is 5.09. The Kier molecular flexibility index (Phi) is 3.89. The Morgan fingerprint density at radius 2 is 2.28 bits per heavy atom. The summed E-state index contributed by atoms with van der Waals surface area (Å²) < 4.78 is 0. The van der Waals surface area contributed by atoms with E-state index < -0.39 is 0 Å². The van der Waals surface area contributed by atoms with Crippen LogP contribution in [0.25, 0.3) is 0 Å². The van der Waals surface area contributed by atoms with Gasteiger partial charge in [0, 0.05) is 17.3 Å². The lowest BCUT2D eigenvalue weighted by atomic mass is 9.86. The predicted octanol–water partition coefficient (Wildman–Crippen LogP) is 3.46. The minimum atomic E-state index is 0.274. The standard InChI is InChI=1S/C13H19N3S2/c1-9(12-14-6-7-17-12)15-13-16-11-5-3-2-4-10(11)8-18-13/h6-7,9-11H,2-5,8H2,1H3,(H,15,16). The predicted molar refractivity (Wildman–Crippen MR) is 79.3 cm³/mol. The molecule has 3 nitrogen and oxygen atoms in total. The fraction of sp³-hybridized carbons (Fsp3) is 0.692. The van der Waals surface area contributed by atoms with Gasteiger partial charge in [-0.2, -0.15) is 0 Å². The summed E-state index contributed by atoms with van der Waals surface area (Å²) in [5, 5.41) is 7.81. The normalized spacial score (nSPS) is 29.3. The van der Waals surface area contributed by atoms with Crippen LogP contribution in [0, 0.1) is 5.92 Å². The van der Waals surface area contributed by atoms with Crippen molar-refractivity contribution in [1.82, 2.24) is 10.3 Å². The fourth-order valence-electron chi connectivity index (χ4n) is 2.70. The molecule has 2 heterocycles. The van der Waals surface area contributed by atoms with Crippen LogP contribution < -0.4 is 5.32 Å². The number of aliphatic imine (C=N–C) groups is 1. The van der Waals surface area contributed by atoms with Crippen LogP contribution in [0.2, 0.25) is 0 Å². The van der Waals surface area contributed by atoms with Gasteiger partial charge in [-0.25, -0.2) is 4.98 Å². The van der Waals surface area contributed by atoms with Crippen molar-refractivity contribution in [3.05, 3.63) is 16.6 Å². The number of rotatable bonds is 2. The van der Waals surface area contributed by atoms with Crippen molar-refractivity contribution < 1.29 is 0 Å². The molecule has 0 radical (unpaired) electrons. The first-order valence-electron chi connectivity index (χ1n) is 6.69. The van der Waals surface area contributed by atoms with Crippen LogP contribution in [0.3, 0.4) is 0 Å². The molecule has 0 amide bonds. The number of nitrogens with zero attached hydrogens (tertiary/aromatic N) is 2. The van der Waals surface area contributed by atoms with Crippen molar-refractivity contribution in [2.45, 2.75) is 44.7 Å². The van der Waals surface area contributed by atoms with Gasteiger partial charge in [0.15, 0.2) is 5.17 Å². The van der Waals surface area contributed by atoms with Crippen LogP contribution in [0.5, 0.6) is 0 Å². The first-order chi connectivity index (χ1) is 8.83. The maximum absolute atomic E-state index is 4.90. The van der Waals surface area contributed by atoms with Crippen LogP contribution >= 0.6 is 23.1 Å². The van der Waals surface area contributed by atoms with E-state index in [1.54, 1.807) is 11.3 Å². The summed E-state index contributed by atoms with van der Waals surface area (Å²) in [5.74, 6) is 2.06. The molecule has 1 fully saturated rings. The molecule has 3 rings (SSSR count). The van der Waals surface area contributed by atoms with E-state index >= 15 is 0 Å². The number of fused-ring (bicyclic) bond motifs is 1. The quantitative estimate of drug-likeness (QED) is 0.902. The van der Waals surface area contributed by atoms with Gasteiger partial charge in [0.1, 0.15) is 5.01 Å². The molecule has 1 aliphatic heterocycles. The van der Waals surface area contributed by atoms with E-state index in [9.17, 15) is 0 Å². The molecule has 0 saturated heterocycles. The number of thiazole rings is 1. The van der Waals surface area contributed by atoms with Crippen LogP contribution in [-0.2, 0) is 0 Å². The van der Waals surface area contributed by atoms with Gasteiger partial charge in [0.25, 0.3) is 0 Å². The molecule has 3 unspecified atom stereocenters. The summed E-state index contributed by atoms with van der Waals surface area (Å²) in [6.07, 6.45) is 7.27. The Hall–Kier alpha value is -0.550. The molecule has 98 valence electrons. The minimum absolute atomic E-state index is 0.274. The van der Waals surface area contributed by atoms with Gasteiger partial charge in [-0.05, 0) is 25.7 Å². The van der Waals surface area contributed by atoms with E-state index in [0.717, 1.165) is 16.1 Å². The van der Waals surface area contributed by atoms with Gasteiger partial charge in [0.05, 0.1) is 12.1 Å². The summed E-state index contributed by atoms with van der Waals surface area (Å²) in [7, 11) is 0. The zero-order chi connectivity index (χ0) is 12.4. The number of hydrogen-bond donors (Lipinski definition) is 1. The SMILES string of the molecule is CC(NC1=NC2CCCCC2CS1)c1nccs1. The third kappa shape index (κ3) is 2.72. The molecular formula is C13H19N3S2. The van der Waals surface area contributed by atoms with Crippen LogP contribution in [-0.4, -0.2) is 21.9 Å². The Morgan fingerprint density at radius 3 is 3.11 bits per heavy atom. The fourth-order valence-corrected chi connectivity index (χ4v) is 4.58. The second-order valence-corrected chi connectivity index (χ2v) is 7.03. The zero-order valence-electron chi connectivity index (χ0n) is 10.6. The molecular weight excluding hydrogens is 262 g/mol. The Balaban J connectivity index is 1.64. The highest BCUT2D eigenvalue weighted by Gasteiger charge is 2.29. The smallest absolute Gasteiger partial charge is 0.157 e. The molecule has 0 bridgehead atoms. The molecule has 1 N–H and O–H groups in total. The van der Waals surface area contributed by atoms with Gasteiger partial charge < -0.3 is 5.32 Å². The molecule has 3 atom stereocenters. The number of hydrogen-bond acceptors (Lipinski definition) is 5. The maximum atomic E-state index is 4.90. The van der Waals surface area contributed by atoms with Gasteiger partial charge >= 0.3 is 0 Å². The summed E-state index contributed by atoms with van der Waals surface area (Å²) >= 11 is 3.59.